The van der Waals surface area contributed by atoms with Crippen LogP contribution in [-0.2, 0) is 14.3 Å². The summed E-state index contributed by atoms with van der Waals surface area (Å²) < 4.78 is 10.8. The SMILES string of the molecule is CC(C)(C)C.O=C(C1=C[CH]1)C1CCCOCCOCCC1. The molecular weight excluding hydrogens is 264 g/mol. The molecule has 3 heteroatoms. The Morgan fingerprint density at radius 2 is 1.43 bits per heavy atom. The lowest BCUT2D eigenvalue weighted by Crippen LogP contribution is -2.15. The van der Waals surface area contributed by atoms with Crippen LogP contribution in [0.25, 0.3) is 0 Å². The lowest BCUT2D eigenvalue weighted by atomic mass is 9.92. The van der Waals surface area contributed by atoms with Crippen molar-refractivity contribution in [1.82, 2.24) is 0 Å². The van der Waals surface area contributed by atoms with E-state index in [1.807, 2.05) is 12.5 Å². The zero-order valence-electron chi connectivity index (χ0n) is 14.1. The minimum Gasteiger partial charge on any atom is -0.379 e. The van der Waals surface area contributed by atoms with Gasteiger partial charge in [-0.05, 0) is 36.7 Å². The molecule has 2 aliphatic rings. The topological polar surface area (TPSA) is 35.5 Å². The first-order valence-electron chi connectivity index (χ1n) is 8.12. The summed E-state index contributed by atoms with van der Waals surface area (Å²) in [5.74, 6) is 0.495. The van der Waals surface area contributed by atoms with E-state index >= 15 is 0 Å². The molecule has 0 saturated carbocycles. The number of Topliss-reactive ketones (excluding diaryl/α,β-unsaturated/α-hetero) is 1. The fraction of sp³-hybridized carbons (Fsp3) is 0.778. The van der Waals surface area contributed by atoms with Gasteiger partial charge in [-0.3, -0.25) is 4.79 Å². The highest BCUT2D eigenvalue weighted by Gasteiger charge is 2.25. The molecule has 0 amide bonds. The van der Waals surface area contributed by atoms with Crippen LogP contribution in [0.1, 0.15) is 53.4 Å². The predicted molar refractivity (Wildman–Crippen MR) is 86.1 cm³/mol. The molecule has 0 aromatic heterocycles. The maximum Gasteiger partial charge on any atom is 0.162 e. The highest BCUT2D eigenvalue weighted by Crippen LogP contribution is 2.27. The average Bonchev–Trinajstić information content (AvgIpc) is 3.20. The first-order chi connectivity index (χ1) is 9.88. The molecule has 1 radical (unpaired) electrons. The van der Waals surface area contributed by atoms with Gasteiger partial charge in [-0.15, -0.1) is 0 Å². The summed E-state index contributed by atoms with van der Waals surface area (Å²) >= 11 is 0. The molecule has 3 nitrogen and oxygen atoms in total. The van der Waals surface area contributed by atoms with Crippen LogP contribution >= 0.6 is 0 Å². The maximum absolute atomic E-state index is 11.9. The molecule has 2 rings (SSSR count). The van der Waals surface area contributed by atoms with Gasteiger partial charge in [0.05, 0.1) is 13.2 Å². The Kier molecular flexibility index (Phi) is 8.20. The van der Waals surface area contributed by atoms with Crippen molar-refractivity contribution in [3.8, 4) is 0 Å². The predicted octanol–water partition coefficient (Wildman–Crippen LogP) is 3.98. The van der Waals surface area contributed by atoms with Crippen molar-refractivity contribution in [3.63, 3.8) is 0 Å². The Morgan fingerprint density at radius 1 is 1.00 bits per heavy atom. The standard InChI is InChI=1S/C13H19O3.C5H12/c14-13(12-5-6-12)11-3-1-7-15-9-10-16-8-2-4-11;1-5(2,3)4/h5-6,11H,1-4,7-10H2;1-4H3. The van der Waals surface area contributed by atoms with Crippen molar-refractivity contribution in [2.24, 2.45) is 11.3 Å². The van der Waals surface area contributed by atoms with E-state index < -0.39 is 0 Å². The van der Waals surface area contributed by atoms with E-state index in [1.54, 1.807) is 0 Å². The number of allylic oxidation sites excluding steroid dienone is 2. The van der Waals surface area contributed by atoms with E-state index in [0.29, 0.717) is 24.4 Å². The minimum absolute atomic E-state index is 0.176. The molecule has 0 atom stereocenters. The van der Waals surface area contributed by atoms with E-state index in [4.69, 9.17) is 9.47 Å². The Bertz CT molecular complexity index is 321. The highest BCUT2D eigenvalue weighted by molar-refractivity contribution is 6.04. The van der Waals surface area contributed by atoms with Gasteiger partial charge in [0, 0.05) is 25.6 Å². The van der Waals surface area contributed by atoms with E-state index in [9.17, 15) is 4.79 Å². The molecule has 0 spiro atoms. The van der Waals surface area contributed by atoms with Crippen molar-refractivity contribution in [3.05, 3.63) is 18.1 Å². The monoisotopic (exact) mass is 295 g/mol. The number of rotatable bonds is 2. The summed E-state index contributed by atoms with van der Waals surface area (Å²) in [5, 5.41) is 0. The molecule has 1 heterocycles. The molecule has 1 aliphatic carbocycles. The van der Waals surface area contributed by atoms with Gasteiger partial charge < -0.3 is 9.47 Å². The summed E-state index contributed by atoms with van der Waals surface area (Å²) in [6, 6.07) is 0. The van der Waals surface area contributed by atoms with Gasteiger partial charge >= 0.3 is 0 Å². The molecular formula is C18H31O3. The minimum atomic E-state index is 0.176. The number of hydrogen-bond acceptors (Lipinski definition) is 3. The van der Waals surface area contributed by atoms with Crippen LogP contribution in [0.4, 0.5) is 0 Å². The van der Waals surface area contributed by atoms with Crippen LogP contribution in [0.2, 0.25) is 0 Å². The third-order valence-corrected chi connectivity index (χ3v) is 3.04. The van der Waals surface area contributed by atoms with E-state index in [2.05, 4.69) is 27.7 Å². The third kappa shape index (κ3) is 10.7. The van der Waals surface area contributed by atoms with Crippen LogP contribution < -0.4 is 0 Å². The fourth-order valence-electron chi connectivity index (χ4n) is 2.03. The van der Waals surface area contributed by atoms with Crippen LogP contribution in [0.3, 0.4) is 0 Å². The van der Waals surface area contributed by atoms with Crippen molar-refractivity contribution in [1.29, 1.82) is 0 Å². The van der Waals surface area contributed by atoms with Crippen molar-refractivity contribution >= 4 is 5.78 Å². The third-order valence-electron chi connectivity index (χ3n) is 3.04. The zero-order valence-corrected chi connectivity index (χ0v) is 14.1. The molecule has 121 valence electrons. The Morgan fingerprint density at radius 3 is 1.81 bits per heavy atom. The van der Waals surface area contributed by atoms with Crippen molar-refractivity contribution in [2.75, 3.05) is 26.4 Å². The van der Waals surface area contributed by atoms with Gasteiger partial charge in [0.2, 0.25) is 0 Å². The van der Waals surface area contributed by atoms with Gasteiger partial charge in [-0.25, -0.2) is 0 Å². The largest absolute Gasteiger partial charge is 0.379 e. The molecule has 0 unspecified atom stereocenters. The second-order valence-electron chi connectivity index (χ2n) is 7.36. The first kappa shape index (κ1) is 18.4. The number of carbonyl (C=O) groups excluding carboxylic acids is 1. The Labute approximate surface area is 130 Å². The number of ketones is 1. The molecule has 1 fully saturated rings. The quantitative estimate of drug-likeness (QED) is 0.773. The molecule has 1 aliphatic heterocycles. The Balaban J connectivity index is 0.000000383. The smallest absolute Gasteiger partial charge is 0.162 e. The molecule has 21 heavy (non-hydrogen) atoms. The van der Waals surface area contributed by atoms with Gasteiger partial charge in [-0.2, -0.15) is 0 Å². The van der Waals surface area contributed by atoms with E-state index in [0.717, 1.165) is 44.5 Å². The molecule has 0 N–H and O–H groups in total. The number of carbonyl (C=O) groups is 1. The second-order valence-corrected chi connectivity index (χ2v) is 7.36. The fourth-order valence-corrected chi connectivity index (χ4v) is 2.03. The molecule has 1 saturated heterocycles. The maximum atomic E-state index is 11.9. The lowest BCUT2D eigenvalue weighted by molar-refractivity contribution is -0.119. The van der Waals surface area contributed by atoms with E-state index in [-0.39, 0.29) is 5.92 Å². The van der Waals surface area contributed by atoms with Crippen LogP contribution in [-0.4, -0.2) is 32.2 Å². The zero-order chi connectivity index (χ0) is 15.7. The summed E-state index contributed by atoms with van der Waals surface area (Å²) in [7, 11) is 0. The van der Waals surface area contributed by atoms with Crippen LogP contribution in [0, 0.1) is 17.8 Å². The summed E-state index contributed by atoms with van der Waals surface area (Å²) in [6.45, 7) is 11.6. The first-order valence-corrected chi connectivity index (χ1v) is 8.12. The van der Waals surface area contributed by atoms with Gasteiger partial charge in [0.1, 0.15) is 0 Å². The summed E-state index contributed by atoms with van der Waals surface area (Å²) in [4.78, 5) is 11.9. The lowest BCUT2D eigenvalue weighted by Gasteiger charge is -2.13. The highest BCUT2D eigenvalue weighted by atomic mass is 16.5. The average molecular weight is 295 g/mol. The van der Waals surface area contributed by atoms with Gasteiger partial charge in [0.15, 0.2) is 5.78 Å². The van der Waals surface area contributed by atoms with E-state index in [1.165, 1.54) is 0 Å². The molecule has 0 aromatic rings. The number of hydrogen-bond donors (Lipinski definition) is 0. The normalized spacial score (nSPS) is 21.4. The van der Waals surface area contributed by atoms with Crippen molar-refractivity contribution < 1.29 is 14.3 Å². The van der Waals surface area contributed by atoms with Crippen LogP contribution in [0.15, 0.2) is 11.6 Å². The van der Waals surface area contributed by atoms with Crippen molar-refractivity contribution in [2.45, 2.75) is 53.4 Å². The summed E-state index contributed by atoms with van der Waals surface area (Å²) in [6.07, 6.45) is 7.65. The molecule has 0 bridgehead atoms. The molecule has 0 aromatic carbocycles. The van der Waals surface area contributed by atoms with Gasteiger partial charge in [0.25, 0.3) is 0 Å². The summed E-state index contributed by atoms with van der Waals surface area (Å²) in [5.41, 5.74) is 1.42. The second kappa shape index (κ2) is 9.37. The van der Waals surface area contributed by atoms with Crippen LogP contribution in [0.5, 0.6) is 0 Å². The number of ether oxygens (including phenoxy) is 2. The Hall–Kier alpha value is -0.670. The van der Waals surface area contributed by atoms with Gasteiger partial charge in [-0.1, -0.05) is 33.8 Å².